The highest BCUT2D eigenvalue weighted by Gasteiger charge is 2.52. The zero-order chi connectivity index (χ0) is 10.2. The molecular formula is C10H18N2O2. The van der Waals surface area contributed by atoms with E-state index in [4.69, 9.17) is 0 Å². The van der Waals surface area contributed by atoms with Crippen LogP contribution < -0.4 is 5.32 Å². The molecule has 80 valence electrons. The fourth-order valence-corrected chi connectivity index (χ4v) is 2.88. The van der Waals surface area contributed by atoms with Gasteiger partial charge in [0.25, 0.3) is 0 Å². The van der Waals surface area contributed by atoms with E-state index in [0.717, 1.165) is 25.9 Å². The number of amides is 1. The first-order valence-electron chi connectivity index (χ1n) is 5.39. The Balaban J connectivity index is 2.21. The molecule has 0 aromatic rings. The van der Waals surface area contributed by atoms with Gasteiger partial charge in [0.05, 0.1) is 18.2 Å². The molecule has 4 nitrogen and oxygen atoms in total. The van der Waals surface area contributed by atoms with Gasteiger partial charge in [-0.25, -0.2) is 0 Å². The van der Waals surface area contributed by atoms with Gasteiger partial charge in [-0.2, -0.15) is 0 Å². The summed E-state index contributed by atoms with van der Waals surface area (Å²) in [5.41, 5.74) is -0.359. The van der Waals surface area contributed by atoms with Crippen LogP contribution in [-0.2, 0) is 4.79 Å². The Labute approximate surface area is 84.3 Å². The predicted octanol–water partition coefficient (Wildman–Crippen LogP) is -0.278. The maximum Gasteiger partial charge on any atom is 0.224 e. The Bertz CT molecular complexity index is 244. The third-order valence-corrected chi connectivity index (χ3v) is 3.49. The number of aliphatic hydroxyl groups excluding tert-OH is 1. The SMILES string of the molecule is CCNC1(CO)CC(=O)N2CCCC21. The van der Waals surface area contributed by atoms with Gasteiger partial charge in [0.2, 0.25) is 5.91 Å². The largest absolute Gasteiger partial charge is 0.394 e. The second-order valence-corrected chi connectivity index (χ2v) is 4.27. The number of rotatable bonds is 3. The Hall–Kier alpha value is -0.610. The minimum Gasteiger partial charge on any atom is -0.394 e. The van der Waals surface area contributed by atoms with Crippen molar-refractivity contribution >= 4 is 5.91 Å². The molecule has 2 unspecified atom stereocenters. The number of nitrogens with one attached hydrogen (secondary N) is 1. The van der Waals surface area contributed by atoms with Crippen molar-refractivity contribution in [2.75, 3.05) is 19.7 Å². The van der Waals surface area contributed by atoms with E-state index in [9.17, 15) is 9.90 Å². The van der Waals surface area contributed by atoms with Crippen LogP contribution >= 0.6 is 0 Å². The van der Waals surface area contributed by atoms with Crippen molar-refractivity contribution < 1.29 is 9.90 Å². The number of carbonyl (C=O) groups excluding carboxylic acids is 1. The zero-order valence-corrected chi connectivity index (χ0v) is 8.62. The van der Waals surface area contributed by atoms with Crippen molar-refractivity contribution in [3.63, 3.8) is 0 Å². The molecule has 2 heterocycles. The van der Waals surface area contributed by atoms with Gasteiger partial charge < -0.3 is 15.3 Å². The molecule has 0 aliphatic carbocycles. The van der Waals surface area contributed by atoms with Crippen molar-refractivity contribution in [2.45, 2.75) is 37.8 Å². The van der Waals surface area contributed by atoms with E-state index < -0.39 is 0 Å². The number of hydrogen-bond acceptors (Lipinski definition) is 3. The number of carbonyl (C=O) groups is 1. The first-order valence-corrected chi connectivity index (χ1v) is 5.39. The molecule has 2 N–H and O–H groups in total. The van der Waals surface area contributed by atoms with Crippen molar-refractivity contribution in [3.8, 4) is 0 Å². The molecule has 0 aromatic heterocycles. The summed E-state index contributed by atoms with van der Waals surface area (Å²) < 4.78 is 0. The summed E-state index contributed by atoms with van der Waals surface area (Å²) in [6.45, 7) is 3.75. The molecule has 0 bridgehead atoms. The van der Waals surface area contributed by atoms with Crippen molar-refractivity contribution in [1.82, 2.24) is 10.2 Å². The van der Waals surface area contributed by atoms with Gasteiger partial charge >= 0.3 is 0 Å². The molecule has 0 aromatic carbocycles. The van der Waals surface area contributed by atoms with E-state index in [1.165, 1.54) is 0 Å². The fourth-order valence-electron chi connectivity index (χ4n) is 2.88. The van der Waals surface area contributed by atoms with Gasteiger partial charge in [-0.15, -0.1) is 0 Å². The van der Waals surface area contributed by atoms with Gasteiger partial charge in [0.1, 0.15) is 0 Å². The standard InChI is InChI=1S/C10H18N2O2/c1-2-11-10(7-13)6-9(14)12-5-3-4-8(10)12/h8,11,13H,2-7H2,1H3. The average Bonchev–Trinajstić information content (AvgIpc) is 2.72. The summed E-state index contributed by atoms with van der Waals surface area (Å²) in [4.78, 5) is 13.6. The van der Waals surface area contributed by atoms with Crippen molar-refractivity contribution in [3.05, 3.63) is 0 Å². The van der Waals surface area contributed by atoms with Crippen LogP contribution in [0.15, 0.2) is 0 Å². The summed E-state index contributed by atoms with van der Waals surface area (Å²) in [5.74, 6) is 0.197. The smallest absolute Gasteiger partial charge is 0.224 e. The Morgan fingerprint density at radius 3 is 3.14 bits per heavy atom. The molecule has 0 spiro atoms. The molecule has 2 saturated heterocycles. The van der Waals surface area contributed by atoms with Crippen LogP contribution in [0.2, 0.25) is 0 Å². The quantitative estimate of drug-likeness (QED) is 0.656. The molecule has 14 heavy (non-hydrogen) atoms. The zero-order valence-electron chi connectivity index (χ0n) is 8.62. The van der Waals surface area contributed by atoms with Crippen LogP contribution in [0.1, 0.15) is 26.2 Å². The molecule has 1 amide bonds. The van der Waals surface area contributed by atoms with E-state index in [1.54, 1.807) is 0 Å². The number of fused-ring (bicyclic) bond motifs is 1. The summed E-state index contributed by atoms with van der Waals surface area (Å²) in [5, 5.41) is 12.8. The predicted molar refractivity (Wildman–Crippen MR) is 52.8 cm³/mol. The van der Waals surface area contributed by atoms with Crippen LogP contribution in [0.4, 0.5) is 0 Å². The van der Waals surface area contributed by atoms with Crippen molar-refractivity contribution in [1.29, 1.82) is 0 Å². The molecule has 4 heteroatoms. The van der Waals surface area contributed by atoms with Gasteiger partial charge in [-0.3, -0.25) is 4.79 Å². The minimum absolute atomic E-state index is 0.0632. The first kappa shape index (κ1) is 9.93. The summed E-state index contributed by atoms with van der Waals surface area (Å²) in [7, 11) is 0. The number of nitrogens with zero attached hydrogens (tertiary/aromatic N) is 1. The topological polar surface area (TPSA) is 52.6 Å². The normalized spacial score (nSPS) is 36.6. The molecule has 0 radical (unpaired) electrons. The Kier molecular flexibility index (Phi) is 2.49. The minimum atomic E-state index is -0.359. The highest BCUT2D eigenvalue weighted by Crippen LogP contribution is 2.36. The van der Waals surface area contributed by atoms with Crippen LogP contribution in [0, 0.1) is 0 Å². The Morgan fingerprint density at radius 1 is 1.71 bits per heavy atom. The monoisotopic (exact) mass is 198 g/mol. The van der Waals surface area contributed by atoms with Gasteiger partial charge in [-0.05, 0) is 19.4 Å². The molecule has 2 fully saturated rings. The lowest BCUT2D eigenvalue weighted by Gasteiger charge is -2.33. The highest BCUT2D eigenvalue weighted by atomic mass is 16.3. The van der Waals surface area contributed by atoms with Crippen molar-refractivity contribution in [2.24, 2.45) is 0 Å². The van der Waals surface area contributed by atoms with Crippen LogP contribution in [-0.4, -0.2) is 47.2 Å². The van der Waals surface area contributed by atoms with Crippen LogP contribution in [0.25, 0.3) is 0 Å². The molecule has 0 saturated carbocycles. The third-order valence-electron chi connectivity index (χ3n) is 3.49. The molecular weight excluding hydrogens is 180 g/mol. The summed E-state index contributed by atoms with van der Waals surface area (Å²) in [6, 6.07) is 0.222. The van der Waals surface area contributed by atoms with Gasteiger partial charge in [-0.1, -0.05) is 6.92 Å². The third kappa shape index (κ3) is 1.25. The molecule has 2 aliphatic heterocycles. The van der Waals surface area contributed by atoms with E-state index in [0.29, 0.717) is 6.42 Å². The van der Waals surface area contributed by atoms with Gasteiger partial charge in [0.15, 0.2) is 0 Å². The molecule has 2 atom stereocenters. The maximum atomic E-state index is 11.7. The second kappa shape index (κ2) is 3.51. The lowest BCUT2D eigenvalue weighted by atomic mass is 9.89. The van der Waals surface area contributed by atoms with E-state index in [2.05, 4.69) is 5.32 Å². The fraction of sp³-hybridized carbons (Fsp3) is 0.900. The number of hydrogen-bond donors (Lipinski definition) is 2. The summed E-state index contributed by atoms with van der Waals surface area (Å²) in [6.07, 6.45) is 2.56. The first-order chi connectivity index (χ1) is 6.73. The van der Waals surface area contributed by atoms with E-state index >= 15 is 0 Å². The molecule has 2 rings (SSSR count). The number of likely N-dealkylation sites (N-methyl/N-ethyl adjacent to an activating group) is 1. The van der Waals surface area contributed by atoms with Crippen LogP contribution in [0.3, 0.4) is 0 Å². The lowest BCUT2D eigenvalue weighted by molar-refractivity contribution is -0.127. The van der Waals surface area contributed by atoms with E-state index in [-0.39, 0.29) is 24.1 Å². The average molecular weight is 198 g/mol. The van der Waals surface area contributed by atoms with Gasteiger partial charge in [0, 0.05) is 13.0 Å². The summed E-state index contributed by atoms with van der Waals surface area (Å²) >= 11 is 0. The lowest BCUT2D eigenvalue weighted by Crippen LogP contribution is -2.55. The molecule has 2 aliphatic rings. The Morgan fingerprint density at radius 2 is 2.50 bits per heavy atom. The van der Waals surface area contributed by atoms with E-state index in [1.807, 2.05) is 11.8 Å². The second-order valence-electron chi connectivity index (χ2n) is 4.27. The number of aliphatic hydroxyl groups is 1. The maximum absolute atomic E-state index is 11.7. The van der Waals surface area contributed by atoms with Crippen LogP contribution in [0.5, 0.6) is 0 Å². The highest BCUT2D eigenvalue weighted by molar-refractivity contribution is 5.81.